The van der Waals surface area contributed by atoms with Crippen molar-refractivity contribution >= 4 is 5.91 Å². The standard InChI is InChI=1S/C10H20N2O2/c1-8(11)3-2-4-10(14)12-6-5-9(13)7-12/h8-9,13H,2-7,11H2,1H3. The molecule has 0 aliphatic carbocycles. The summed E-state index contributed by atoms with van der Waals surface area (Å²) in [6.45, 7) is 3.17. The minimum absolute atomic E-state index is 0.155. The molecule has 0 aromatic heterocycles. The van der Waals surface area contributed by atoms with Gasteiger partial charge < -0.3 is 15.7 Å². The maximum atomic E-state index is 11.5. The van der Waals surface area contributed by atoms with Crippen molar-refractivity contribution in [3.63, 3.8) is 0 Å². The summed E-state index contributed by atoms with van der Waals surface area (Å²) in [6, 6.07) is 0.173. The summed E-state index contributed by atoms with van der Waals surface area (Å²) in [5, 5.41) is 9.25. The second-order valence-corrected chi connectivity index (χ2v) is 4.15. The van der Waals surface area contributed by atoms with E-state index >= 15 is 0 Å². The average molecular weight is 200 g/mol. The summed E-state index contributed by atoms with van der Waals surface area (Å²) < 4.78 is 0. The molecule has 2 unspecified atom stereocenters. The van der Waals surface area contributed by atoms with Gasteiger partial charge in [-0.05, 0) is 26.2 Å². The van der Waals surface area contributed by atoms with Gasteiger partial charge in [0, 0.05) is 25.6 Å². The smallest absolute Gasteiger partial charge is 0.222 e. The number of nitrogens with zero attached hydrogens (tertiary/aromatic N) is 1. The van der Waals surface area contributed by atoms with E-state index in [1.54, 1.807) is 4.90 Å². The van der Waals surface area contributed by atoms with Gasteiger partial charge in [0.05, 0.1) is 6.10 Å². The molecule has 0 aromatic rings. The lowest BCUT2D eigenvalue weighted by Crippen LogP contribution is -2.29. The predicted molar refractivity (Wildman–Crippen MR) is 54.7 cm³/mol. The largest absolute Gasteiger partial charge is 0.391 e. The quantitative estimate of drug-likeness (QED) is 0.676. The third kappa shape index (κ3) is 3.64. The van der Waals surface area contributed by atoms with Crippen LogP contribution in [0.15, 0.2) is 0 Å². The van der Waals surface area contributed by atoms with E-state index in [-0.39, 0.29) is 18.1 Å². The minimum atomic E-state index is -0.313. The van der Waals surface area contributed by atoms with Crippen LogP contribution in [0.2, 0.25) is 0 Å². The SMILES string of the molecule is CC(N)CCCC(=O)N1CCC(O)C1. The van der Waals surface area contributed by atoms with E-state index in [1.165, 1.54) is 0 Å². The Morgan fingerprint density at radius 3 is 2.93 bits per heavy atom. The zero-order valence-electron chi connectivity index (χ0n) is 8.78. The number of carbonyl (C=O) groups excluding carboxylic acids is 1. The number of aliphatic hydroxyl groups is 1. The lowest BCUT2D eigenvalue weighted by molar-refractivity contribution is -0.130. The molecule has 1 heterocycles. The van der Waals surface area contributed by atoms with Crippen molar-refractivity contribution in [2.75, 3.05) is 13.1 Å². The van der Waals surface area contributed by atoms with Gasteiger partial charge in [-0.2, -0.15) is 0 Å². The predicted octanol–water partition coefficient (Wildman–Crippen LogP) is 0.0971. The first-order chi connectivity index (χ1) is 6.59. The Bertz CT molecular complexity index is 195. The van der Waals surface area contributed by atoms with Gasteiger partial charge in [-0.3, -0.25) is 4.79 Å². The van der Waals surface area contributed by atoms with Crippen molar-refractivity contribution in [2.24, 2.45) is 5.73 Å². The fraction of sp³-hybridized carbons (Fsp3) is 0.900. The molecule has 14 heavy (non-hydrogen) atoms. The van der Waals surface area contributed by atoms with E-state index in [0.717, 1.165) is 19.3 Å². The van der Waals surface area contributed by atoms with Crippen LogP contribution in [0.3, 0.4) is 0 Å². The van der Waals surface area contributed by atoms with Gasteiger partial charge in [0.25, 0.3) is 0 Å². The highest BCUT2D eigenvalue weighted by Gasteiger charge is 2.23. The molecule has 4 heteroatoms. The Hall–Kier alpha value is -0.610. The van der Waals surface area contributed by atoms with Crippen LogP contribution in [0.4, 0.5) is 0 Å². The van der Waals surface area contributed by atoms with Crippen molar-refractivity contribution in [1.29, 1.82) is 0 Å². The van der Waals surface area contributed by atoms with E-state index in [0.29, 0.717) is 19.5 Å². The fourth-order valence-corrected chi connectivity index (χ4v) is 1.70. The van der Waals surface area contributed by atoms with Crippen LogP contribution in [-0.4, -0.2) is 41.1 Å². The van der Waals surface area contributed by atoms with E-state index in [9.17, 15) is 9.90 Å². The molecule has 0 spiro atoms. The molecule has 0 bridgehead atoms. The molecule has 82 valence electrons. The van der Waals surface area contributed by atoms with Gasteiger partial charge in [-0.15, -0.1) is 0 Å². The van der Waals surface area contributed by atoms with Crippen LogP contribution in [-0.2, 0) is 4.79 Å². The minimum Gasteiger partial charge on any atom is -0.391 e. The van der Waals surface area contributed by atoms with Crippen molar-refractivity contribution < 1.29 is 9.90 Å². The number of nitrogens with two attached hydrogens (primary N) is 1. The number of β-amino-alcohol motifs (C(OH)–C–C–N with tert-alkyl or cyclic N) is 1. The van der Waals surface area contributed by atoms with E-state index in [2.05, 4.69) is 0 Å². The third-order valence-electron chi connectivity index (χ3n) is 2.57. The summed E-state index contributed by atoms with van der Waals surface area (Å²) >= 11 is 0. The highest BCUT2D eigenvalue weighted by molar-refractivity contribution is 5.76. The number of hydrogen-bond acceptors (Lipinski definition) is 3. The second kappa shape index (κ2) is 5.32. The van der Waals surface area contributed by atoms with E-state index < -0.39 is 0 Å². The number of likely N-dealkylation sites (tertiary alicyclic amines) is 1. The lowest BCUT2D eigenvalue weighted by Gasteiger charge is -2.15. The molecule has 1 amide bonds. The molecule has 0 aromatic carbocycles. The molecular weight excluding hydrogens is 180 g/mol. The van der Waals surface area contributed by atoms with Crippen LogP contribution < -0.4 is 5.73 Å². The molecule has 0 radical (unpaired) electrons. The van der Waals surface area contributed by atoms with Crippen LogP contribution in [0.25, 0.3) is 0 Å². The van der Waals surface area contributed by atoms with Gasteiger partial charge in [-0.1, -0.05) is 0 Å². The molecule has 3 N–H and O–H groups in total. The third-order valence-corrected chi connectivity index (χ3v) is 2.57. The monoisotopic (exact) mass is 200 g/mol. The molecular formula is C10H20N2O2. The van der Waals surface area contributed by atoms with Gasteiger partial charge >= 0.3 is 0 Å². The number of carbonyl (C=O) groups is 1. The first-order valence-corrected chi connectivity index (χ1v) is 5.31. The zero-order valence-corrected chi connectivity index (χ0v) is 8.78. The summed E-state index contributed by atoms with van der Waals surface area (Å²) in [5.74, 6) is 0.155. The number of rotatable bonds is 4. The van der Waals surface area contributed by atoms with Crippen molar-refractivity contribution in [2.45, 2.75) is 44.8 Å². The Morgan fingerprint density at radius 2 is 2.43 bits per heavy atom. The van der Waals surface area contributed by atoms with Crippen molar-refractivity contribution in [3.05, 3.63) is 0 Å². The van der Waals surface area contributed by atoms with Crippen molar-refractivity contribution in [1.82, 2.24) is 4.90 Å². The highest BCUT2D eigenvalue weighted by atomic mass is 16.3. The first-order valence-electron chi connectivity index (χ1n) is 5.31. The Labute approximate surface area is 85.1 Å². The first kappa shape index (κ1) is 11.5. The molecule has 1 saturated heterocycles. The number of aliphatic hydroxyl groups excluding tert-OH is 1. The summed E-state index contributed by atoms with van der Waals surface area (Å²) in [4.78, 5) is 13.3. The van der Waals surface area contributed by atoms with E-state index in [4.69, 9.17) is 5.73 Å². The van der Waals surface area contributed by atoms with Gasteiger partial charge in [0.2, 0.25) is 5.91 Å². The van der Waals surface area contributed by atoms with Gasteiger partial charge in [0.1, 0.15) is 0 Å². The van der Waals surface area contributed by atoms with Crippen molar-refractivity contribution in [3.8, 4) is 0 Å². The molecule has 0 saturated carbocycles. The normalized spacial score (nSPS) is 23.9. The zero-order chi connectivity index (χ0) is 10.6. The molecule has 1 fully saturated rings. The summed E-state index contributed by atoms with van der Waals surface area (Å²) in [6.07, 6.45) is 2.71. The molecule has 2 atom stereocenters. The Kier molecular flexibility index (Phi) is 4.35. The maximum absolute atomic E-state index is 11.5. The average Bonchev–Trinajstić information content (AvgIpc) is 2.51. The summed E-state index contributed by atoms with van der Waals surface area (Å²) in [5.41, 5.74) is 5.59. The van der Waals surface area contributed by atoms with E-state index in [1.807, 2.05) is 6.92 Å². The second-order valence-electron chi connectivity index (χ2n) is 4.15. The fourth-order valence-electron chi connectivity index (χ4n) is 1.70. The van der Waals surface area contributed by atoms with Crippen LogP contribution in [0.1, 0.15) is 32.6 Å². The lowest BCUT2D eigenvalue weighted by atomic mass is 10.1. The maximum Gasteiger partial charge on any atom is 0.222 e. The molecule has 1 rings (SSSR count). The number of amides is 1. The molecule has 1 aliphatic rings. The van der Waals surface area contributed by atoms with Crippen LogP contribution >= 0.6 is 0 Å². The molecule has 1 aliphatic heterocycles. The molecule has 4 nitrogen and oxygen atoms in total. The van der Waals surface area contributed by atoms with Crippen LogP contribution in [0, 0.1) is 0 Å². The highest BCUT2D eigenvalue weighted by Crippen LogP contribution is 2.11. The Morgan fingerprint density at radius 1 is 1.71 bits per heavy atom. The number of hydrogen-bond donors (Lipinski definition) is 2. The van der Waals surface area contributed by atoms with Crippen LogP contribution in [0.5, 0.6) is 0 Å². The van der Waals surface area contributed by atoms with Gasteiger partial charge in [-0.25, -0.2) is 0 Å². The Balaban J connectivity index is 2.15. The van der Waals surface area contributed by atoms with Gasteiger partial charge in [0.15, 0.2) is 0 Å². The summed E-state index contributed by atoms with van der Waals surface area (Å²) in [7, 11) is 0. The topological polar surface area (TPSA) is 66.6 Å².